The molecular weight excluding hydrogens is 412 g/mol. The minimum absolute atomic E-state index is 0.0614. The lowest BCUT2D eigenvalue weighted by molar-refractivity contribution is 0.1000. The third-order valence-corrected chi connectivity index (χ3v) is 6.77. The molecule has 1 aromatic heterocycles. The summed E-state index contributed by atoms with van der Waals surface area (Å²) in [5, 5.41) is 4.33. The fourth-order valence-electron chi connectivity index (χ4n) is 4.02. The lowest BCUT2D eigenvalue weighted by Crippen LogP contribution is -2.43. The Balaban J connectivity index is 1.42. The molecule has 3 heterocycles. The number of hydrogen-bond donors (Lipinski definition) is 1. The number of carbonyl (C=O) groups excluding carboxylic acids is 1. The molecule has 1 N–H and O–H groups in total. The first-order valence-electron chi connectivity index (χ1n) is 10.5. The minimum Gasteiger partial charge on any atom is -0.496 e. The van der Waals surface area contributed by atoms with E-state index in [9.17, 15) is 4.79 Å². The molecule has 0 saturated carbocycles. The van der Waals surface area contributed by atoms with Gasteiger partial charge in [0.25, 0.3) is 5.91 Å². The number of ether oxygens (including phenoxy) is 2. The molecule has 2 aromatic carbocycles. The number of rotatable bonds is 4. The van der Waals surface area contributed by atoms with E-state index in [2.05, 4.69) is 15.2 Å². The van der Waals surface area contributed by atoms with Gasteiger partial charge >= 0.3 is 0 Å². The first kappa shape index (κ1) is 20.0. The predicted octanol–water partition coefficient (Wildman–Crippen LogP) is 3.49. The van der Waals surface area contributed by atoms with E-state index in [1.165, 1.54) is 0 Å². The zero-order valence-electron chi connectivity index (χ0n) is 17.3. The number of benzene rings is 2. The SMILES string of the molecule is COc1cc2nc(N3CCNCC3)sc2cc1C(=O)N=CC1CCOc2ccccc21. The fourth-order valence-corrected chi connectivity index (χ4v) is 5.06. The molecular formula is C23H24N4O3S. The summed E-state index contributed by atoms with van der Waals surface area (Å²) in [7, 11) is 1.57. The second-order valence-electron chi connectivity index (χ2n) is 7.62. The van der Waals surface area contributed by atoms with Gasteiger partial charge in [-0.25, -0.2) is 9.98 Å². The number of piperazine rings is 1. The summed E-state index contributed by atoms with van der Waals surface area (Å²) in [6.45, 7) is 4.38. The van der Waals surface area contributed by atoms with Crippen LogP contribution in [0.3, 0.4) is 0 Å². The number of anilines is 1. The lowest BCUT2D eigenvalue weighted by atomic mass is 9.94. The third kappa shape index (κ3) is 4.00. The van der Waals surface area contributed by atoms with Gasteiger partial charge in [0.15, 0.2) is 5.13 Å². The topological polar surface area (TPSA) is 76.0 Å². The summed E-state index contributed by atoms with van der Waals surface area (Å²) < 4.78 is 12.2. The zero-order valence-corrected chi connectivity index (χ0v) is 18.2. The van der Waals surface area contributed by atoms with Crippen molar-refractivity contribution >= 4 is 38.8 Å². The first-order chi connectivity index (χ1) is 15.2. The van der Waals surface area contributed by atoms with Crippen molar-refractivity contribution in [3.63, 3.8) is 0 Å². The molecule has 0 radical (unpaired) electrons. The number of carbonyl (C=O) groups is 1. The van der Waals surface area contributed by atoms with Crippen LogP contribution in [-0.2, 0) is 0 Å². The molecule has 8 heteroatoms. The Morgan fingerprint density at radius 3 is 3.00 bits per heavy atom. The summed E-state index contributed by atoms with van der Waals surface area (Å²) in [6, 6.07) is 11.6. The molecule has 31 heavy (non-hydrogen) atoms. The number of hydrogen-bond acceptors (Lipinski definition) is 7. The van der Waals surface area contributed by atoms with Crippen molar-refractivity contribution in [2.75, 3.05) is 44.8 Å². The molecule has 7 nitrogen and oxygen atoms in total. The highest BCUT2D eigenvalue weighted by molar-refractivity contribution is 7.22. The van der Waals surface area contributed by atoms with Crippen molar-refractivity contribution in [2.45, 2.75) is 12.3 Å². The number of fused-ring (bicyclic) bond motifs is 2. The highest BCUT2D eigenvalue weighted by atomic mass is 32.1. The van der Waals surface area contributed by atoms with Crippen LogP contribution in [0.5, 0.6) is 11.5 Å². The second-order valence-corrected chi connectivity index (χ2v) is 8.63. The Hall–Kier alpha value is -2.97. The van der Waals surface area contributed by atoms with Gasteiger partial charge in [-0.05, 0) is 18.6 Å². The molecule has 3 aromatic rings. The van der Waals surface area contributed by atoms with Crippen LogP contribution in [0.1, 0.15) is 28.3 Å². The molecule has 160 valence electrons. The number of nitrogens with one attached hydrogen (secondary N) is 1. The van der Waals surface area contributed by atoms with Crippen LogP contribution in [-0.4, -0.2) is 57.0 Å². The molecule has 2 aliphatic heterocycles. The molecule has 1 amide bonds. The number of aromatic nitrogens is 1. The van der Waals surface area contributed by atoms with E-state index in [0.717, 1.165) is 59.3 Å². The molecule has 2 aliphatic rings. The third-order valence-electron chi connectivity index (χ3n) is 5.69. The van der Waals surface area contributed by atoms with Gasteiger partial charge < -0.3 is 19.7 Å². The number of amides is 1. The maximum Gasteiger partial charge on any atom is 0.280 e. The highest BCUT2D eigenvalue weighted by Gasteiger charge is 2.21. The lowest BCUT2D eigenvalue weighted by Gasteiger charge is -2.26. The van der Waals surface area contributed by atoms with E-state index in [-0.39, 0.29) is 11.8 Å². The standard InChI is InChI=1S/C23H24N4O3S/c1-29-20-13-18-21(31-23(26-18)27-9-7-24-8-10-27)12-17(20)22(28)25-14-15-6-11-30-19-5-3-2-4-16(15)19/h2-5,12-15,24H,6-11H2,1H3. The van der Waals surface area contributed by atoms with Crippen LogP contribution < -0.4 is 19.7 Å². The van der Waals surface area contributed by atoms with E-state index in [1.807, 2.05) is 36.4 Å². The minimum atomic E-state index is -0.306. The largest absolute Gasteiger partial charge is 0.496 e. The van der Waals surface area contributed by atoms with Crippen molar-refractivity contribution in [1.82, 2.24) is 10.3 Å². The predicted molar refractivity (Wildman–Crippen MR) is 123 cm³/mol. The Bertz CT molecular complexity index is 1140. The normalized spacial score (nSPS) is 18.7. The van der Waals surface area contributed by atoms with Gasteiger partial charge in [-0.15, -0.1) is 0 Å². The second kappa shape index (κ2) is 8.64. The maximum atomic E-state index is 13.0. The number of nitrogens with zero attached hydrogens (tertiary/aromatic N) is 3. The Labute approximate surface area is 184 Å². The summed E-state index contributed by atoms with van der Waals surface area (Å²) in [6.07, 6.45) is 2.54. The Kier molecular flexibility index (Phi) is 5.57. The van der Waals surface area contributed by atoms with Gasteiger partial charge in [-0.2, -0.15) is 0 Å². The van der Waals surface area contributed by atoms with Gasteiger partial charge in [0.1, 0.15) is 11.5 Å². The smallest absolute Gasteiger partial charge is 0.280 e. The molecule has 1 fully saturated rings. The van der Waals surface area contributed by atoms with Crippen LogP contribution in [0, 0.1) is 0 Å². The molecule has 1 saturated heterocycles. The zero-order chi connectivity index (χ0) is 21.2. The Morgan fingerprint density at radius 2 is 2.16 bits per heavy atom. The summed E-state index contributed by atoms with van der Waals surface area (Å²) in [5.41, 5.74) is 2.37. The molecule has 5 rings (SSSR count). The van der Waals surface area contributed by atoms with Crippen LogP contribution >= 0.6 is 11.3 Å². The molecule has 0 spiro atoms. The van der Waals surface area contributed by atoms with Crippen LogP contribution in [0.15, 0.2) is 41.4 Å². The van der Waals surface area contributed by atoms with Gasteiger partial charge in [0.2, 0.25) is 0 Å². The quantitative estimate of drug-likeness (QED) is 0.631. The number of para-hydroxylation sites is 1. The Morgan fingerprint density at radius 1 is 1.32 bits per heavy atom. The van der Waals surface area contributed by atoms with E-state index >= 15 is 0 Å². The van der Waals surface area contributed by atoms with Gasteiger partial charge in [-0.1, -0.05) is 29.5 Å². The average Bonchev–Trinajstić information content (AvgIpc) is 3.25. The highest BCUT2D eigenvalue weighted by Crippen LogP contribution is 2.35. The summed E-state index contributed by atoms with van der Waals surface area (Å²) in [5.74, 6) is 1.12. The van der Waals surface area contributed by atoms with Crippen molar-refractivity contribution in [3.8, 4) is 11.5 Å². The number of thiazole rings is 1. The molecule has 1 atom stereocenters. The fraction of sp³-hybridized carbons (Fsp3) is 0.348. The van der Waals surface area contributed by atoms with Crippen LogP contribution in [0.25, 0.3) is 10.2 Å². The van der Waals surface area contributed by atoms with E-state index < -0.39 is 0 Å². The van der Waals surface area contributed by atoms with Crippen LogP contribution in [0.4, 0.5) is 5.13 Å². The van der Waals surface area contributed by atoms with Crippen molar-refractivity contribution in [2.24, 2.45) is 4.99 Å². The van der Waals surface area contributed by atoms with Crippen LogP contribution in [0.2, 0.25) is 0 Å². The van der Waals surface area contributed by atoms with Gasteiger partial charge in [0.05, 0.1) is 29.5 Å². The molecule has 0 bridgehead atoms. The van der Waals surface area contributed by atoms with E-state index in [4.69, 9.17) is 14.5 Å². The number of aliphatic imine (C=N–C) groups is 1. The van der Waals surface area contributed by atoms with Gasteiger partial charge in [-0.3, -0.25) is 4.79 Å². The van der Waals surface area contributed by atoms with Crippen molar-refractivity contribution < 1.29 is 14.3 Å². The van der Waals surface area contributed by atoms with Crippen molar-refractivity contribution in [1.29, 1.82) is 0 Å². The first-order valence-corrected chi connectivity index (χ1v) is 11.3. The molecule has 1 unspecified atom stereocenters. The maximum absolute atomic E-state index is 13.0. The summed E-state index contributed by atoms with van der Waals surface area (Å²) in [4.78, 5) is 24.3. The van der Waals surface area contributed by atoms with E-state index in [1.54, 1.807) is 24.7 Å². The van der Waals surface area contributed by atoms with Gasteiger partial charge in [0, 0.05) is 49.9 Å². The summed E-state index contributed by atoms with van der Waals surface area (Å²) >= 11 is 1.60. The van der Waals surface area contributed by atoms with Crippen molar-refractivity contribution in [3.05, 3.63) is 47.5 Å². The number of methoxy groups -OCH3 is 1. The van der Waals surface area contributed by atoms with E-state index in [0.29, 0.717) is 17.9 Å². The average molecular weight is 437 g/mol. The monoisotopic (exact) mass is 436 g/mol. The molecule has 0 aliphatic carbocycles.